The Bertz CT molecular complexity index is 928. The van der Waals surface area contributed by atoms with Crippen molar-refractivity contribution in [3.63, 3.8) is 0 Å². The van der Waals surface area contributed by atoms with Crippen molar-refractivity contribution in [2.45, 2.75) is 25.5 Å². The molecular weight excluding hydrogens is 396 g/mol. The van der Waals surface area contributed by atoms with Gasteiger partial charge < -0.3 is 24.3 Å². The van der Waals surface area contributed by atoms with Crippen LogP contribution in [0, 0.1) is 11.3 Å². The van der Waals surface area contributed by atoms with E-state index >= 15 is 0 Å². The number of carbonyl (C=O) groups is 1. The number of rotatable bonds is 10. The number of amides is 1. The minimum absolute atomic E-state index is 0.00438. The Balaban J connectivity index is 1.48. The van der Waals surface area contributed by atoms with Gasteiger partial charge in [0.05, 0.1) is 13.2 Å². The summed E-state index contributed by atoms with van der Waals surface area (Å²) >= 11 is 0. The first-order chi connectivity index (χ1) is 15.2. The smallest absolute Gasteiger partial charge is 0.244 e. The fraction of sp³-hybridized carbons (Fsp3) is 0.333. The van der Waals surface area contributed by atoms with Gasteiger partial charge in [0.2, 0.25) is 5.91 Å². The first kappa shape index (κ1) is 22.2. The molecular formula is C24H26N2O5. The van der Waals surface area contributed by atoms with Crippen LogP contribution in [0.1, 0.15) is 24.0 Å². The monoisotopic (exact) mass is 422 g/mol. The lowest BCUT2D eigenvalue weighted by Crippen LogP contribution is -2.20. The average molecular weight is 422 g/mol. The predicted molar refractivity (Wildman–Crippen MR) is 116 cm³/mol. The average Bonchev–Trinajstić information content (AvgIpc) is 3.33. The molecule has 3 rings (SSSR count). The molecule has 1 heterocycles. The van der Waals surface area contributed by atoms with Crippen LogP contribution in [0.3, 0.4) is 0 Å². The summed E-state index contributed by atoms with van der Waals surface area (Å²) in [5.41, 5.74) is 1.76. The summed E-state index contributed by atoms with van der Waals surface area (Å²) in [5.74, 6) is 1.69. The van der Waals surface area contributed by atoms with Crippen LogP contribution in [-0.4, -0.2) is 38.9 Å². The van der Waals surface area contributed by atoms with Crippen LogP contribution >= 0.6 is 0 Å². The Kier molecular flexibility index (Phi) is 8.32. The SMILES string of the molecule is COc1cc(CNC(=O)C=Cc2ccc(OCC#N)cc2)ccc1OCC1CCCO1. The summed E-state index contributed by atoms with van der Waals surface area (Å²) in [7, 11) is 1.59. The lowest BCUT2D eigenvalue weighted by molar-refractivity contribution is -0.116. The molecule has 1 aliphatic rings. The van der Waals surface area contributed by atoms with Crippen molar-refractivity contribution in [1.29, 1.82) is 5.26 Å². The molecule has 2 aromatic carbocycles. The molecule has 31 heavy (non-hydrogen) atoms. The van der Waals surface area contributed by atoms with Crippen molar-refractivity contribution in [1.82, 2.24) is 5.32 Å². The second kappa shape index (κ2) is 11.6. The number of nitrogens with zero attached hydrogens (tertiary/aromatic N) is 1. The van der Waals surface area contributed by atoms with E-state index in [1.54, 1.807) is 25.3 Å². The number of carbonyl (C=O) groups excluding carboxylic acids is 1. The van der Waals surface area contributed by atoms with E-state index in [9.17, 15) is 4.79 Å². The van der Waals surface area contributed by atoms with Crippen molar-refractivity contribution in [3.8, 4) is 23.3 Å². The number of hydrogen-bond acceptors (Lipinski definition) is 6. The summed E-state index contributed by atoms with van der Waals surface area (Å²) in [5, 5.41) is 11.4. The molecule has 7 nitrogen and oxygen atoms in total. The van der Waals surface area contributed by atoms with Gasteiger partial charge in [-0.1, -0.05) is 18.2 Å². The van der Waals surface area contributed by atoms with Gasteiger partial charge in [-0.05, 0) is 54.3 Å². The lowest BCUT2D eigenvalue weighted by atomic mass is 10.2. The van der Waals surface area contributed by atoms with Gasteiger partial charge in [0, 0.05) is 19.2 Å². The third-order valence-corrected chi connectivity index (χ3v) is 4.75. The molecule has 7 heteroatoms. The number of nitrogens with one attached hydrogen (secondary N) is 1. The van der Waals surface area contributed by atoms with E-state index in [1.807, 2.05) is 36.4 Å². The molecule has 1 fully saturated rings. The lowest BCUT2D eigenvalue weighted by Gasteiger charge is -2.15. The van der Waals surface area contributed by atoms with Gasteiger partial charge in [-0.2, -0.15) is 5.26 Å². The van der Waals surface area contributed by atoms with Crippen molar-refractivity contribution in [3.05, 3.63) is 59.7 Å². The van der Waals surface area contributed by atoms with Crippen LogP contribution in [0.5, 0.6) is 17.2 Å². The molecule has 162 valence electrons. The van der Waals surface area contributed by atoms with Gasteiger partial charge in [0.25, 0.3) is 0 Å². The highest BCUT2D eigenvalue weighted by atomic mass is 16.5. The third-order valence-electron chi connectivity index (χ3n) is 4.75. The largest absolute Gasteiger partial charge is 0.493 e. The van der Waals surface area contributed by atoms with E-state index < -0.39 is 0 Å². The van der Waals surface area contributed by atoms with Crippen molar-refractivity contribution in [2.75, 3.05) is 26.9 Å². The molecule has 0 saturated carbocycles. The highest BCUT2D eigenvalue weighted by Crippen LogP contribution is 2.29. The molecule has 2 aromatic rings. The van der Waals surface area contributed by atoms with Crippen LogP contribution in [-0.2, 0) is 16.1 Å². The molecule has 1 saturated heterocycles. The highest BCUT2D eigenvalue weighted by Gasteiger charge is 2.17. The molecule has 0 aromatic heterocycles. The Morgan fingerprint density at radius 2 is 2.06 bits per heavy atom. The molecule has 0 aliphatic carbocycles. The van der Waals surface area contributed by atoms with Crippen molar-refractivity contribution >= 4 is 12.0 Å². The van der Waals surface area contributed by atoms with Crippen molar-refractivity contribution < 1.29 is 23.7 Å². The second-order valence-electron chi connectivity index (χ2n) is 7.00. The van der Waals surface area contributed by atoms with Crippen molar-refractivity contribution in [2.24, 2.45) is 0 Å². The van der Waals surface area contributed by atoms with Crippen LogP contribution in [0.15, 0.2) is 48.5 Å². The number of benzene rings is 2. The third kappa shape index (κ3) is 7.05. The van der Waals surface area contributed by atoms with Gasteiger partial charge in [0.1, 0.15) is 18.4 Å². The fourth-order valence-corrected chi connectivity index (χ4v) is 3.11. The fourth-order valence-electron chi connectivity index (χ4n) is 3.11. The maximum atomic E-state index is 12.1. The molecule has 1 atom stereocenters. The van der Waals surface area contributed by atoms with E-state index in [-0.39, 0.29) is 18.6 Å². The van der Waals surface area contributed by atoms with Crippen LogP contribution in [0.25, 0.3) is 6.08 Å². The number of hydrogen-bond donors (Lipinski definition) is 1. The van der Waals surface area contributed by atoms with E-state index in [2.05, 4.69) is 5.32 Å². The number of methoxy groups -OCH3 is 1. The summed E-state index contributed by atoms with van der Waals surface area (Å²) < 4.78 is 22.0. The van der Waals surface area contributed by atoms with Gasteiger partial charge in [-0.25, -0.2) is 0 Å². The molecule has 1 amide bonds. The molecule has 1 N–H and O–H groups in total. The standard InChI is InChI=1S/C24H26N2O5/c1-28-23-15-19(6-10-22(23)31-17-21-3-2-13-29-21)16-26-24(27)11-7-18-4-8-20(9-5-18)30-14-12-25/h4-11,15,21H,2-3,13-14,16-17H2,1H3,(H,26,27). The Morgan fingerprint density at radius 3 is 2.77 bits per heavy atom. The Labute approximate surface area is 182 Å². The predicted octanol–water partition coefficient (Wildman–Crippen LogP) is 3.48. The van der Waals surface area contributed by atoms with Gasteiger partial charge in [-0.3, -0.25) is 4.79 Å². The molecule has 1 aliphatic heterocycles. The first-order valence-corrected chi connectivity index (χ1v) is 10.1. The molecule has 0 radical (unpaired) electrons. The van der Waals surface area contributed by atoms with E-state index in [1.165, 1.54) is 6.08 Å². The van der Waals surface area contributed by atoms with Gasteiger partial charge in [-0.15, -0.1) is 0 Å². The van der Waals surface area contributed by atoms with E-state index in [4.69, 9.17) is 24.2 Å². The van der Waals surface area contributed by atoms with Gasteiger partial charge in [0.15, 0.2) is 18.1 Å². The van der Waals surface area contributed by atoms with Crippen LogP contribution in [0.2, 0.25) is 0 Å². The highest BCUT2D eigenvalue weighted by molar-refractivity contribution is 5.91. The Morgan fingerprint density at radius 1 is 1.23 bits per heavy atom. The van der Waals surface area contributed by atoms with Crippen LogP contribution in [0.4, 0.5) is 0 Å². The summed E-state index contributed by atoms with van der Waals surface area (Å²) in [4.78, 5) is 12.1. The summed E-state index contributed by atoms with van der Waals surface area (Å²) in [6.45, 7) is 1.67. The zero-order valence-corrected chi connectivity index (χ0v) is 17.5. The Hall–Kier alpha value is -3.50. The van der Waals surface area contributed by atoms with E-state index in [0.717, 1.165) is 30.6 Å². The minimum atomic E-state index is -0.206. The molecule has 1 unspecified atom stereocenters. The maximum absolute atomic E-state index is 12.1. The van der Waals surface area contributed by atoms with Gasteiger partial charge >= 0.3 is 0 Å². The molecule has 0 bridgehead atoms. The topological polar surface area (TPSA) is 89.8 Å². The van der Waals surface area contributed by atoms with Crippen LogP contribution < -0.4 is 19.5 Å². The zero-order valence-electron chi connectivity index (χ0n) is 17.5. The quantitative estimate of drug-likeness (QED) is 0.590. The number of ether oxygens (including phenoxy) is 4. The zero-order chi connectivity index (χ0) is 21.9. The summed E-state index contributed by atoms with van der Waals surface area (Å²) in [6, 6.07) is 14.7. The van der Waals surface area contributed by atoms with E-state index in [0.29, 0.717) is 30.4 Å². The normalized spacial score (nSPS) is 15.4. The maximum Gasteiger partial charge on any atom is 0.244 e. The minimum Gasteiger partial charge on any atom is -0.493 e. The second-order valence-corrected chi connectivity index (χ2v) is 7.00. The molecule has 0 spiro atoms. The summed E-state index contributed by atoms with van der Waals surface area (Å²) in [6.07, 6.45) is 5.41. The first-order valence-electron chi connectivity index (χ1n) is 10.1. The number of nitriles is 1.